The van der Waals surface area contributed by atoms with E-state index >= 15 is 0 Å². The Balaban J connectivity index is 3.19. The van der Waals surface area contributed by atoms with Gasteiger partial charge in [0.2, 0.25) is 11.8 Å². The third-order valence-electron chi connectivity index (χ3n) is 2.31. The number of hydrogen-bond donors (Lipinski definition) is 1. The molecule has 1 rings (SSSR count). The number of nitrogens with zero attached hydrogens (tertiary/aromatic N) is 1. The van der Waals surface area contributed by atoms with Gasteiger partial charge in [-0.3, -0.25) is 14.9 Å². The number of aryl methyl sites for hydroxylation is 1. The van der Waals surface area contributed by atoms with E-state index in [0.717, 1.165) is 0 Å². The van der Waals surface area contributed by atoms with Gasteiger partial charge in [0.25, 0.3) is 0 Å². The zero-order valence-corrected chi connectivity index (χ0v) is 10.2. The molecule has 1 amide bonds. The van der Waals surface area contributed by atoms with Crippen molar-refractivity contribution in [2.75, 3.05) is 5.32 Å². The second-order valence-electron chi connectivity index (χ2n) is 4.05. The van der Waals surface area contributed by atoms with E-state index in [2.05, 4.69) is 5.32 Å². The predicted molar refractivity (Wildman–Crippen MR) is 61.6 cm³/mol. The highest BCUT2D eigenvalue weighted by molar-refractivity contribution is 6.01. The minimum atomic E-state index is -0.259. The summed E-state index contributed by atoms with van der Waals surface area (Å²) >= 11 is 0. The summed E-state index contributed by atoms with van der Waals surface area (Å²) in [7, 11) is 0. The SMILES string of the molecule is CC(=O)c1c(C)oc(NC(=O)C(C)C)c1C#N. The van der Waals surface area contributed by atoms with Gasteiger partial charge in [0.1, 0.15) is 17.4 Å². The first-order chi connectivity index (χ1) is 7.88. The topological polar surface area (TPSA) is 83.1 Å². The normalized spacial score (nSPS) is 10.1. The summed E-state index contributed by atoms with van der Waals surface area (Å²) in [5.41, 5.74) is 0.315. The lowest BCUT2D eigenvalue weighted by molar-refractivity contribution is -0.119. The summed E-state index contributed by atoms with van der Waals surface area (Å²) in [5.74, 6) is -0.354. The monoisotopic (exact) mass is 234 g/mol. The van der Waals surface area contributed by atoms with Gasteiger partial charge in [0.15, 0.2) is 5.78 Å². The summed E-state index contributed by atoms with van der Waals surface area (Å²) < 4.78 is 5.24. The molecule has 0 aromatic carbocycles. The molecule has 0 radical (unpaired) electrons. The van der Waals surface area contributed by atoms with Crippen molar-refractivity contribution >= 4 is 17.6 Å². The highest BCUT2D eigenvalue weighted by Gasteiger charge is 2.22. The predicted octanol–water partition coefficient (Wildman–Crippen LogP) is 2.26. The lowest BCUT2D eigenvalue weighted by Gasteiger charge is -2.04. The number of hydrogen-bond acceptors (Lipinski definition) is 4. The standard InChI is InChI=1S/C12H14N2O3/c1-6(2)11(16)14-12-9(5-13)10(7(3)15)8(4)17-12/h6H,1-4H3,(H,14,16). The molecular weight excluding hydrogens is 220 g/mol. The van der Waals surface area contributed by atoms with Gasteiger partial charge in [-0.15, -0.1) is 0 Å². The van der Waals surface area contributed by atoms with Crippen molar-refractivity contribution in [3.63, 3.8) is 0 Å². The third kappa shape index (κ3) is 2.53. The van der Waals surface area contributed by atoms with Gasteiger partial charge < -0.3 is 4.42 Å². The van der Waals surface area contributed by atoms with Crippen molar-refractivity contribution in [3.05, 3.63) is 16.9 Å². The molecule has 0 atom stereocenters. The van der Waals surface area contributed by atoms with Crippen LogP contribution in [-0.2, 0) is 4.79 Å². The summed E-state index contributed by atoms with van der Waals surface area (Å²) in [5, 5.41) is 11.5. The van der Waals surface area contributed by atoms with Gasteiger partial charge in [0.05, 0.1) is 5.56 Å². The van der Waals surface area contributed by atoms with E-state index in [1.165, 1.54) is 6.92 Å². The number of furan rings is 1. The molecule has 17 heavy (non-hydrogen) atoms. The molecule has 0 saturated carbocycles. The third-order valence-corrected chi connectivity index (χ3v) is 2.31. The van der Waals surface area contributed by atoms with Gasteiger partial charge in [-0.25, -0.2) is 0 Å². The number of carbonyl (C=O) groups is 2. The lowest BCUT2D eigenvalue weighted by atomic mass is 10.1. The molecule has 5 heteroatoms. The fraction of sp³-hybridized carbons (Fsp3) is 0.417. The number of carbonyl (C=O) groups excluding carboxylic acids is 2. The van der Waals surface area contributed by atoms with Crippen molar-refractivity contribution in [1.82, 2.24) is 0 Å². The number of Topliss-reactive ketones (excluding diaryl/α,β-unsaturated/α-hetero) is 1. The van der Waals surface area contributed by atoms with Crippen LogP contribution in [0, 0.1) is 24.2 Å². The highest BCUT2D eigenvalue weighted by atomic mass is 16.4. The number of amides is 1. The molecule has 0 spiro atoms. The Morgan fingerprint density at radius 1 is 1.41 bits per heavy atom. The first kappa shape index (κ1) is 13.0. The van der Waals surface area contributed by atoms with E-state index in [0.29, 0.717) is 5.76 Å². The molecule has 0 aliphatic carbocycles. The Morgan fingerprint density at radius 3 is 2.41 bits per heavy atom. The summed E-state index contributed by atoms with van der Waals surface area (Å²) in [6, 6.07) is 1.88. The number of nitrogens with one attached hydrogen (secondary N) is 1. The van der Waals surface area contributed by atoms with E-state index < -0.39 is 0 Å². The van der Waals surface area contributed by atoms with Crippen LogP contribution in [0.25, 0.3) is 0 Å². The van der Waals surface area contributed by atoms with Crippen molar-refractivity contribution in [2.45, 2.75) is 27.7 Å². The molecule has 0 fully saturated rings. The Kier molecular flexibility index (Phi) is 3.69. The Morgan fingerprint density at radius 2 is 2.00 bits per heavy atom. The molecule has 0 unspecified atom stereocenters. The van der Waals surface area contributed by atoms with Crippen molar-refractivity contribution in [3.8, 4) is 6.07 Å². The molecule has 0 aliphatic heterocycles. The van der Waals surface area contributed by atoms with Crippen LogP contribution in [0.15, 0.2) is 4.42 Å². The van der Waals surface area contributed by atoms with Gasteiger partial charge in [0, 0.05) is 5.92 Å². The fourth-order valence-electron chi connectivity index (χ4n) is 1.42. The molecule has 1 aromatic heterocycles. The number of anilines is 1. The van der Waals surface area contributed by atoms with Crippen LogP contribution < -0.4 is 5.32 Å². The number of nitriles is 1. The maximum atomic E-state index is 11.5. The van der Waals surface area contributed by atoms with Crippen LogP contribution in [0.5, 0.6) is 0 Å². The molecule has 90 valence electrons. The quantitative estimate of drug-likeness (QED) is 0.813. The van der Waals surface area contributed by atoms with E-state index in [9.17, 15) is 9.59 Å². The maximum Gasteiger partial charge on any atom is 0.229 e. The van der Waals surface area contributed by atoms with Gasteiger partial charge in [-0.1, -0.05) is 13.8 Å². The average molecular weight is 234 g/mol. The second kappa shape index (κ2) is 4.83. The zero-order chi connectivity index (χ0) is 13.2. The molecule has 1 heterocycles. The summed E-state index contributed by atoms with van der Waals surface area (Å²) in [4.78, 5) is 22.9. The first-order valence-electron chi connectivity index (χ1n) is 5.23. The van der Waals surface area contributed by atoms with Crippen LogP contribution in [0.2, 0.25) is 0 Å². The van der Waals surface area contributed by atoms with E-state index in [-0.39, 0.29) is 34.6 Å². The van der Waals surface area contributed by atoms with Gasteiger partial charge >= 0.3 is 0 Å². The van der Waals surface area contributed by atoms with Crippen molar-refractivity contribution in [1.29, 1.82) is 5.26 Å². The molecule has 1 aromatic rings. The molecule has 0 bridgehead atoms. The van der Waals surface area contributed by atoms with Crippen LogP contribution >= 0.6 is 0 Å². The Bertz CT molecular complexity index is 507. The van der Waals surface area contributed by atoms with E-state index in [1.807, 2.05) is 6.07 Å². The van der Waals surface area contributed by atoms with Crippen LogP contribution in [0.4, 0.5) is 5.88 Å². The molecular formula is C12H14N2O3. The minimum absolute atomic E-state index is 0.0499. The number of ketones is 1. The van der Waals surface area contributed by atoms with E-state index in [4.69, 9.17) is 9.68 Å². The maximum absolute atomic E-state index is 11.5. The first-order valence-corrected chi connectivity index (χ1v) is 5.23. The van der Waals surface area contributed by atoms with Crippen molar-refractivity contribution < 1.29 is 14.0 Å². The average Bonchev–Trinajstić information content (AvgIpc) is 2.53. The second-order valence-corrected chi connectivity index (χ2v) is 4.05. The smallest absolute Gasteiger partial charge is 0.229 e. The molecule has 0 aliphatic rings. The minimum Gasteiger partial charge on any atom is -0.443 e. The van der Waals surface area contributed by atoms with Crippen LogP contribution in [0.1, 0.15) is 42.5 Å². The molecule has 0 saturated heterocycles. The van der Waals surface area contributed by atoms with Gasteiger partial charge in [-0.05, 0) is 13.8 Å². The van der Waals surface area contributed by atoms with Crippen LogP contribution in [-0.4, -0.2) is 11.7 Å². The lowest BCUT2D eigenvalue weighted by Crippen LogP contribution is -2.18. The fourth-order valence-corrected chi connectivity index (χ4v) is 1.42. The molecule has 5 nitrogen and oxygen atoms in total. The zero-order valence-electron chi connectivity index (χ0n) is 10.2. The highest BCUT2D eigenvalue weighted by Crippen LogP contribution is 2.27. The van der Waals surface area contributed by atoms with Gasteiger partial charge in [-0.2, -0.15) is 5.26 Å². The largest absolute Gasteiger partial charge is 0.443 e. The summed E-state index contributed by atoms with van der Waals surface area (Å²) in [6.07, 6.45) is 0. The van der Waals surface area contributed by atoms with E-state index in [1.54, 1.807) is 20.8 Å². The van der Waals surface area contributed by atoms with Crippen LogP contribution in [0.3, 0.4) is 0 Å². The number of rotatable bonds is 3. The summed E-state index contributed by atoms with van der Waals surface area (Å²) in [6.45, 7) is 6.39. The van der Waals surface area contributed by atoms with Crippen molar-refractivity contribution in [2.24, 2.45) is 5.92 Å². The Hall–Kier alpha value is -2.09. The molecule has 1 N–H and O–H groups in total. The Labute approximate surface area is 99.4 Å².